The van der Waals surface area contributed by atoms with E-state index in [0.717, 1.165) is 30.0 Å². The highest BCUT2D eigenvalue weighted by atomic mass is 14.8. The number of nitrogens with zero attached hydrogens (tertiary/aromatic N) is 2. The summed E-state index contributed by atoms with van der Waals surface area (Å²) in [6.45, 7) is 2.93. The van der Waals surface area contributed by atoms with Crippen LogP contribution in [0.25, 0.3) is 5.57 Å². The number of dihydropyridines is 1. The third-order valence-corrected chi connectivity index (χ3v) is 7.97. The van der Waals surface area contributed by atoms with E-state index in [4.69, 9.17) is 4.99 Å². The summed E-state index contributed by atoms with van der Waals surface area (Å²) in [5, 5.41) is 0. The quantitative estimate of drug-likeness (QED) is 0.588. The highest BCUT2D eigenvalue weighted by Crippen LogP contribution is 2.44. The lowest BCUT2D eigenvalue weighted by molar-refractivity contribution is 0.176. The van der Waals surface area contributed by atoms with E-state index in [-0.39, 0.29) is 0 Å². The van der Waals surface area contributed by atoms with Crippen LogP contribution in [-0.4, -0.2) is 17.2 Å². The van der Waals surface area contributed by atoms with Gasteiger partial charge in [-0.2, -0.15) is 0 Å². The van der Waals surface area contributed by atoms with E-state index in [2.05, 4.69) is 30.1 Å². The smallest absolute Gasteiger partial charge is 0.0646 e. The molecule has 148 valence electrons. The molecular weight excluding hydrogens is 340 g/mol. The minimum absolute atomic E-state index is 0.509. The van der Waals surface area contributed by atoms with Crippen LogP contribution in [0.1, 0.15) is 75.5 Å². The molecule has 0 radical (unpaired) electrons. The molecule has 0 spiro atoms. The number of aryl methyl sites for hydroxylation is 1. The fraction of sp³-hybridized carbons (Fsp3) is 0.615. The van der Waals surface area contributed by atoms with Gasteiger partial charge in [0, 0.05) is 29.1 Å². The third kappa shape index (κ3) is 3.63. The number of rotatable bonds is 3. The molecule has 28 heavy (non-hydrogen) atoms. The van der Waals surface area contributed by atoms with Gasteiger partial charge < -0.3 is 0 Å². The van der Waals surface area contributed by atoms with E-state index in [1.165, 1.54) is 81.1 Å². The highest BCUT2D eigenvalue weighted by molar-refractivity contribution is 6.03. The Morgan fingerprint density at radius 3 is 2.50 bits per heavy atom. The first-order valence-corrected chi connectivity index (χ1v) is 11.7. The standard InChI is InChI=1S/C26H34N2/c1-18-25(8-5-13-27-18)24-15-23-14-22(16-26(23)28-17-24)21-11-9-20(10-12-21)19-6-3-2-4-7-19/h5,8,13,15-16,19-21,23H,2-4,6-7,9-12,14,17H2,1H3. The summed E-state index contributed by atoms with van der Waals surface area (Å²) in [4.78, 5) is 9.44. The van der Waals surface area contributed by atoms with Crippen molar-refractivity contribution in [1.29, 1.82) is 0 Å². The molecule has 2 saturated carbocycles. The maximum absolute atomic E-state index is 4.97. The first-order valence-electron chi connectivity index (χ1n) is 11.7. The zero-order valence-electron chi connectivity index (χ0n) is 17.4. The monoisotopic (exact) mass is 374 g/mol. The van der Waals surface area contributed by atoms with Gasteiger partial charge in [-0.3, -0.25) is 9.98 Å². The summed E-state index contributed by atoms with van der Waals surface area (Å²) in [5.74, 6) is 3.41. The Morgan fingerprint density at radius 2 is 1.71 bits per heavy atom. The van der Waals surface area contributed by atoms with Crippen LogP contribution in [0.15, 0.2) is 41.0 Å². The Morgan fingerprint density at radius 1 is 0.929 bits per heavy atom. The molecule has 0 N–H and O–H groups in total. The van der Waals surface area contributed by atoms with Crippen LogP contribution in [0.4, 0.5) is 0 Å². The van der Waals surface area contributed by atoms with E-state index >= 15 is 0 Å². The SMILES string of the molecule is Cc1ncccc1C1=CC2CC(C3CCC(C4CCCCC4)CC3)=CC2=NC1. The maximum Gasteiger partial charge on any atom is 0.0646 e. The number of aliphatic imine (C=N–C) groups is 1. The Kier molecular flexibility index (Phi) is 5.22. The van der Waals surface area contributed by atoms with Crippen molar-refractivity contribution in [3.63, 3.8) is 0 Å². The van der Waals surface area contributed by atoms with Gasteiger partial charge in [0.05, 0.1) is 6.54 Å². The maximum atomic E-state index is 4.97. The van der Waals surface area contributed by atoms with Crippen molar-refractivity contribution in [2.75, 3.05) is 6.54 Å². The van der Waals surface area contributed by atoms with Gasteiger partial charge in [-0.15, -0.1) is 0 Å². The molecule has 0 bridgehead atoms. The molecule has 0 amide bonds. The van der Waals surface area contributed by atoms with Gasteiger partial charge >= 0.3 is 0 Å². The van der Waals surface area contributed by atoms with Gasteiger partial charge in [0.1, 0.15) is 0 Å². The van der Waals surface area contributed by atoms with Crippen molar-refractivity contribution in [1.82, 2.24) is 4.98 Å². The van der Waals surface area contributed by atoms with Gasteiger partial charge in [-0.05, 0) is 74.5 Å². The summed E-state index contributed by atoms with van der Waals surface area (Å²) >= 11 is 0. The van der Waals surface area contributed by atoms with Crippen LogP contribution in [0, 0.1) is 30.6 Å². The van der Waals surface area contributed by atoms with Crippen molar-refractivity contribution in [2.45, 2.75) is 71.1 Å². The van der Waals surface area contributed by atoms with Crippen LogP contribution in [0.2, 0.25) is 0 Å². The second kappa shape index (κ2) is 7.97. The first-order chi connectivity index (χ1) is 13.8. The van der Waals surface area contributed by atoms with Gasteiger partial charge in [0.25, 0.3) is 0 Å². The van der Waals surface area contributed by atoms with Gasteiger partial charge in [0.2, 0.25) is 0 Å². The Balaban J connectivity index is 1.22. The average molecular weight is 375 g/mol. The van der Waals surface area contributed by atoms with E-state index in [9.17, 15) is 0 Å². The van der Waals surface area contributed by atoms with Gasteiger partial charge in [-0.25, -0.2) is 0 Å². The van der Waals surface area contributed by atoms with Crippen LogP contribution in [0.3, 0.4) is 0 Å². The number of fused-ring (bicyclic) bond motifs is 1. The lowest BCUT2D eigenvalue weighted by Gasteiger charge is -2.36. The van der Waals surface area contributed by atoms with Crippen molar-refractivity contribution in [3.8, 4) is 0 Å². The summed E-state index contributed by atoms with van der Waals surface area (Å²) < 4.78 is 0. The Labute approximate surface area is 170 Å². The minimum atomic E-state index is 0.509. The summed E-state index contributed by atoms with van der Waals surface area (Å²) in [6.07, 6.45) is 21.3. The number of hydrogen-bond donors (Lipinski definition) is 0. The van der Waals surface area contributed by atoms with E-state index in [1.54, 1.807) is 5.57 Å². The zero-order chi connectivity index (χ0) is 18.9. The molecule has 3 aliphatic carbocycles. The molecule has 2 heteroatoms. The molecule has 5 rings (SSSR count). The normalized spacial score (nSPS) is 31.0. The van der Waals surface area contributed by atoms with Crippen molar-refractivity contribution in [3.05, 3.63) is 47.3 Å². The summed E-state index contributed by atoms with van der Waals surface area (Å²) in [7, 11) is 0. The van der Waals surface area contributed by atoms with Crippen molar-refractivity contribution in [2.24, 2.45) is 28.7 Å². The van der Waals surface area contributed by atoms with Crippen LogP contribution in [-0.2, 0) is 0 Å². The number of aromatic nitrogens is 1. The van der Waals surface area contributed by atoms with Gasteiger partial charge in [0.15, 0.2) is 0 Å². The topological polar surface area (TPSA) is 25.2 Å². The fourth-order valence-corrected chi connectivity index (χ4v) is 6.34. The van der Waals surface area contributed by atoms with Crippen molar-refractivity contribution < 1.29 is 0 Å². The molecule has 0 aromatic carbocycles. The van der Waals surface area contributed by atoms with E-state index in [0.29, 0.717) is 5.92 Å². The summed E-state index contributed by atoms with van der Waals surface area (Å²) in [5.41, 5.74) is 6.82. The van der Waals surface area contributed by atoms with Crippen molar-refractivity contribution >= 4 is 11.3 Å². The third-order valence-electron chi connectivity index (χ3n) is 7.97. The molecule has 1 atom stereocenters. The Bertz CT molecular complexity index is 801. The van der Waals surface area contributed by atoms with E-state index < -0.39 is 0 Å². The predicted molar refractivity (Wildman–Crippen MR) is 117 cm³/mol. The molecular formula is C26H34N2. The van der Waals surface area contributed by atoms with Gasteiger partial charge in [-0.1, -0.05) is 49.8 Å². The molecule has 1 aromatic rings. The lowest BCUT2D eigenvalue weighted by Crippen LogP contribution is -2.24. The lowest BCUT2D eigenvalue weighted by atomic mass is 9.69. The molecule has 1 aromatic heterocycles. The molecule has 1 aliphatic heterocycles. The molecule has 2 nitrogen and oxygen atoms in total. The molecule has 0 saturated heterocycles. The van der Waals surface area contributed by atoms with Crippen LogP contribution in [0.5, 0.6) is 0 Å². The zero-order valence-corrected chi connectivity index (χ0v) is 17.4. The highest BCUT2D eigenvalue weighted by Gasteiger charge is 2.33. The molecule has 2 fully saturated rings. The Hall–Kier alpha value is -1.70. The van der Waals surface area contributed by atoms with E-state index in [1.807, 2.05) is 12.3 Å². The summed E-state index contributed by atoms with van der Waals surface area (Å²) in [6, 6.07) is 4.25. The molecule has 4 aliphatic rings. The molecule has 2 heterocycles. The molecule has 1 unspecified atom stereocenters. The van der Waals surface area contributed by atoms with Crippen LogP contribution < -0.4 is 0 Å². The predicted octanol–water partition coefficient (Wildman–Crippen LogP) is 6.56. The number of pyridine rings is 1. The largest absolute Gasteiger partial charge is 0.284 e. The first kappa shape index (κ1) is 18.3. The fourth-order valence-electron chi connectivity index (χ4n) is 6.34. The average Bonchev–Trinajstić information content (AvgIpc) is 3.18. The van der Waals surface area contributed by atoms with Crippen LogP contribution >= 0.6 is 0 Å². The second-order valence-corrected chi connectivity index (χ2v) is 9.61. The number of hydrogen-bond acceptors (Lipinski definition) is 2. The second-order valence-electron chi connectivity index (χ2n) is 9.61. The number of allylic oxidation sites excluding steroid dienone is 3. The minimum Gasteiger partial charge on any atom is -0.284 e.